The van der Waals surface area contributed by atoms with Crippen molar-refractivity contribution in [2.24, 2.45) is 7.05 Å². The van der Waals surface area contributed by atoms with Gasteiger partial charge in [-0.05, 0) is 35.5 Å². The van der Waals surface area contributed by atoms with Crippen LogP contribution in [0.25, 0.3) is 17.1 Å². The lowest BCUT2D eigenvalue weighted by molar-refractivity contribution is 0.715. The third kappa shape index (κ3) is 3.49. The first-order chi connectivity index (χ1) is 13.1. The van der Waals surface area contributed by atoms with Gasteiger partial charge in [0.1, 0.15) is 0 Å². The van der Waals surface area contributed by atoms with Crippen molar-refractivity contribution in [1.29, 1.82) is 0 Å². The summed E-state index contributed by atoms with van der Waals surface area (Å²) in [5.74, 6) is 2.02. The maximum atomic E-state index is 6.02. The summed E-state index contributed by atoms with van der Waals surface area (Å²) in [5, 5.41) is 21.8. The van der Waals surface area contributed by atoms with Gasteiger partial charge in [-0.2, -0.15) is 0 Å². The molecule has 0 radical (unpaired) electrons. The molecule has 3 heterocycles. The zero-order valence-corrected chi connectivity index (χ0v) is 15.5. The predicted octanol–water partition coefficient (Wildman–Crippen LogP) is 2.14. The van der Waals surface area contributed by atoms with Crippen molar-refractivity contribution < 1.29 is 0 Å². The van der Waals surface area contributed by atoms with Gasteiger partial charge >= 0.3 is 0 Å². The Bertz CT molecular complexity index is 1060. The second kappa shape index (κ2) is 7.12. The predicted molar refractivity (Wildman–Crippen MR) is 101 cm³/mol. The maximum absolute atomic E-state index is 6.02. The topological polar surface area (TPSA) is 90.4 Å². The minimum atomic E-state index is 0.433. The highest BCUT2D eigenvalue weighted by atomic mass is 35.5. The number of hydrogen-bond acceptors (Lipinski definition) is 7. The molecule has 27 heavy (non-hydrogen) atoms. The van der Waals surface area contributed by atoms with Gasteiger partial charge in [-0.3, -0.25) is 9.55 Å². The molecule has 0 amide bonds. The average Bonchev–Trinajstić information content (AvgIpc) is 3.29. The zero-order chi connectivity index (χ0) is 18.8. The van der Waals surface area contributed by atoms with E-state index in [4.69, 9.17) is 11.6 Å². The van der Waals surface area contributed by atoms with E-state index in [0.717, 1.165) is 17.1 Å². The zero-order valence-electron chi connectivity index (χ0n) is 14.7. The molecule has 136 valence electrons. The van der Waals surface area contributed by atoms with Gasteiger partial charge in [0, 0.05) is 37.1 Å². The van der Waals surface area contributed by atoms with E-state index in [2.05, 4.69) is 30.6 Å². The lowest BCUT2D eigenvalue weighted by Gasteiger charge is -2.15. The number of halogens is 1. The van der Waals surface area contributed by atoms with Crippen molar-refractivity contribution in [1.82, 2.24) is 40.0 Å². The van der Waals surface area contributed by atoms with Crippen LogP contribution in [0.2, 0.25) is 5.02 Å². The molecule has 0 aliphatic rings. The van der Waals surface area contributed by atoms with Crippen molar-refractivity contribution in [3.05, 3.63) is 59.6 Å². The minimum absolute atomic E-state index is 0.433. The molecule has 1 aromatic carbocycles. The highest BCUT2D eigenvalue weighted by molar-refractivity contribution is 6.30. The second-order valence-corrected chi connectivity index (χ2v) is 6.39. The quantitative estimate of drug-likeness (QED) is 0.523. The van der Waals surface area contributed by atoms with Gasteiger partial charge < -0.3 is 4.90 Å². The third-order valence-electron chi connectivity index (χ3n) is 4.00. The Balaban J connectivity index is 1.53. The largest absolute Gasteiger partial charge is 0.336 e. The second-order valence-electron chi connectivity index (χ2n) is 5.95. The van der Waals surface area contributed by atoms with Gasteiger partial charge in [0.15, 0.2) is 11.6 Å². The van der Waals surface area contributed by atoms with Gasteiger partial charge in [-0.25, -0.2) is 0 Å². The Hall–Kier alpha value is -3.33. The van der Waals surface area contributed by atoms with Crippen LogP contribution in [0, 0.1) is 0 Å². The van der Waals surface area contributed by atoms with E-state index in [1.54, 1.807) is 24.5 Å². The van der Waals surface area contributed by atoms with Gasteiger partial charge in [0.2, 0.25) is 5.95 Å². The summed E-state index contributed by atoms with van der Waals surface area (Å²) < 4.78 is 1.91. The van der Waals surface area contributed by atoms with Crippen LogP contribution >= 0.6 is 11.6 Å². The van der Waals surface area contributed by atoms with Crippen LogP contribution in [0.4, 0.5) is 5.95 Å². The molecule has 0 spiro atoms. The molecule has 0 saturated heterocycles. The van der Waals surface area contributed by atoms with E-state index in [-0.39, 0.29) is 0 Å². The fraction of sp³-hybridized carbons (Fsp3) is 0.176. The summed E-state index contributed by atoms with van der Waals surface area (Å²) in [5.41, 5.74) is 1.70. The first kappa shape index (κ1) is 17.1. The van der Waals surface area contributed by atoms with Crippen LogP contribution in [-0.4, -0.2) is 47.0 Å². The smallest absolute Gasteiger partial charge is 0.227 e. The molecular weight excluding hydrogens is 366 g/mol. The summed E-state index contributed by atoms with van der Waals surface area (Å²) in [6.07, 6.45) is 3.46. The van der Waals surface area contributed by atoms with Crippen molar-refractivity contribution in [2.75, 3.05) is 11.9 Å². The standard InChI is InChI=1S/C17H16ClN9/c1-25(17-22-21-16(26(17)2)12-6-8-19-9-7-12)11-15-20-24-27(23-15)14-5-3-4-13(18)10-14/h3-10H,11H2,1-2H3. The van der Waals surface area contributed by atoms with E-state index in [1.165, 1.54) is 4.80 Å². The summed E-state index contributed by atoms with van der Waals surface area (Å²) in [6, 6.07) is 11.1. The molecule has 0 fully saturated rings. The molecular formula is C17H16ClN9. The normalized spacial score (nSPS) is 10.9. The Labute approximate surface area is 160 Å². The first-order valence-corrected chi connectivity index (χ1v) is 8.55. The molecule has 0 N–H and O–H groups in total. The highest BCUT2D eigenvalue weighted by Crippen LogP contribution is 2.20. The number of rotatable bonds is 5. The molecule has 0 aliphatic carbocycles. The van der Waals surface area contributed by atoms with E-state index >= 15 is 0 Å². The number of pyridine rings is 1. The highest BCUT2D eigenvalue weighted by Gasteiger charge is 2.16. The number of tetrazole rings is 1. The van der Waals surface area contributed by atoms with Crippen molar-refractivity contribution >= 4 is 17.5 Å². The summed E-state index contributed by atoms with van der Waals surface area (Å²) in [7, 11) is 3.82. The monoisotopic (exact) mass is 381 g/mol. The minimum Gasteiger partial charge on any atom is -0.336 e. The van der Waals surface area contributed by atoms with E-state index in [1.807, 2.05) is 47.8 Å². The molecule has 0 saturated carbocycles. The molecule has 3 aromatic heterocycles. The lowest BCUT2D eigenvalue weighted by Crippen LogP contribution is -2.21. The van der Waals surface area contributed by atoms with Crippen LogP contribution in [-0.2, 0) is 13.6 Å². The number of hydrogen-bond donors (Lipinski definition) is 0. The van der Waals surface area contributed by atoms with Crippen molar-refractivity contribution in [2.45, 2.75) is 6.54 Å². The van der Waals surface area contributed by atoms with Gasteiger partial charge in [-0.15, -0.1) is 25.2 Å². The fourth-order valence-electron chi connectivity index (χ4n) is 2.71. The number of nitrogens with zero attached hydrogens (tertiary/aromatic N) is 9. The molecule has 0 bridgehead atoms. The van der Waals surface area contributed by atoms with Crippen LogP contribution in [0.5, 0.6) is 0 Å². The van der Waals surface area contributed by atoms with Crippen LogP contribution in [0.3, 0.4) is 0 Å². The first-order valence-electron chi connectivity index (χ1n) is 8.17. The fourth-order valence-corrected chi connectivity index (χ4v) is 2.89. The molecule has 0 aliphatic heterocycles. The molecule has 0 unspecified atom stereocenters. The number of aromatic nitrogens is 8. The Morgan fingerprint density at radius 1 is 1.07 bits per heavy atom. The maximum Gasteiger partial charge on any atom is 0.227 e. The Morgan fingerprint density at radius 2 is 1.89 bits per heavy atom. The van der Waals surface area contributed by atoms with Crippen molar-refractivity contribution in [3.63, 3.8) is 0 Å². The summed E-state index contributed by atoms with van der Waals surface area (Å²) in [4.78, 5) is 7.40. The van der Waals surface area contributed by atoms with Crippen LogP contribution in [0.1, 0.15) is 5.82 Å². The summed E-state index contributed by atoms with van der Waals surface area (Å²) in [6.45, 7) is 0.433. The number of benzene rings is 1. The van der Waals surface area contributed by atoms with Gasteiger partial charge in [-0.1, -0.05) is 17.7 Å². The summed E-state index contributed by atoms with van der Waals surface area (Å²) >= 11 is 6.02. The van der Waals surface area contributed by atoms with Gasteiger partial charge in [0.25, 0.3) is 0 Å². The number of anilines is 1. The van der Waals surface area contributed by atoms with Crippen molar-refractivity contribution in [3.8, 4) is 17.1 Å². The SMILES string of the molecule is CN(Cc1nnn(-c2cccc(Cl)c2)n1)c1nnc(-c2ccncc2)n1C. The van der Waals surface area contributed by atoms with E-state index in [9.17, 15) is 0 Å². The van der Waals surface area contributed by atoms with Gasteiger partial charge in [0.05, 0.1) is 12.2 Å². The average molecular weight is 382 g/mol. The van der Waals surface area contributed by atoms with E-state index < -0.39 is 0 Å². The Morgan fingerprint density at radius 3 is 2.67 bits per heavy atom. The van der Waals surface area contributed by atoms with E-state index in [0.29, 0.717) is 23.3 Å². The third-order valence-corrected chi connectivity index (χ3v) is 4.24. The van der Waals surface area contributed by atoms with Crippen LogP contribution < -0.4 is 4.90 Å². The molecule has 9 nitrogen and oxygen atoms in total. The molecule has 0 atom stereocenters. The Kier molecular flexibility index (Phi) is 4.51. The molecule has 4 aromatic rings. The molecule has 10 heteroatoms. The lowest BCUT2D eigenvalue weighted by atomic mass is 10.2. The van der Waals surface area contributed by atoms with Crippen LogP contribution in [0.15, 0.2) is 48.8 Å². The molecule has 4 rings (SSSR count).